The number of anilines is 1. The summed E-state index contributed by atoms with van der Waals surface area (Å²) < 4.78 is 31.1. The molecular weight excluding hydrogens is 316 g/mol. The zero-order valence-electron chi connectivity index (χ0n) is 12.6. The summed E-state index contributed by atoms with van der Waals surface area (Å²) in [5, 5.41) is 5.22. The summed E-state index contributed by atoms with van der Waals surface area (Å²) in [7, 11) is -4.29. The Kier molecular flexibility index (Phi) is 5.36. The van der Waals surface area contributed by atoms with E-state index in [-0.39, 0.29) is 10.6 Å². The molecule has 0 aliphatic carbocycles. The van der Waals surface area contributed by atoms with E-state index in [1.165, 1.54) is 24.3 Å². The number of nitrogens with one attached hydrogen (secondary N) is 2. The maximum atomic E-state index is 11.8. The van der Waals surface area contributed by atoms with E-state index in [1.54, 1.807) is 0 Å². The molecule has 0 aromatic heterocycles. The lowest BCUT2D eigenvalue weighted by Gasteiger charge is -2.08. The molecule has 0 unspecified atom stereocenters. The summed E-state index contributed by atoms with van der Waals surface area (Å²) in [6, 6.07) is 13.0. The Bertz CT molecular complexity index is 803. The molecular formula is C16H18N2O4S. The summed E-state index contributed by atoms with van der Waals surface area (Å²) in [6.45, 7) is 2.46. The predicted octanol–water partition coefficient (Wildman–Crippen LogP) is 2.61. The lowest BCUT2D eigenvalue weighted by Crippen LogP contribution is -2.30. The lowest BCUT2D eigenvalue weighted by molar-refractivity contribution is 0.252. The lowest BCUT2D eigenvalue weighted by atomic mass is 10.1. The summed E-state index contributed by atoms with van der Waals surface area (Å²) >= 11 is 0. The minimum Gasteiger partial charge on any atom is -0.338 e. The molecule has 0 aliphatic rings. The fraction of sp³-hybridized carbons (Fsp3) is 0.188. The second-order valence-electron chi connectivity index (χ2n) is 5.12. The highest BCUT2D eigenvalue weighted by Gasteiger charge is 2.10. The van der Waals surface area contributed by atoms with Gasteiger partial charge in [0, 0.05) is 12.2 Å². The highest BCUT2D eigenvalue weighted by atomic mass is 32.2. The summed E-state index contributed by atoms with van der Waals surface area (Å²) in [6.07, 6.45) is 0.695. The van der Waals surface area contributed by atoms with Gasteiger partial charge < -0.3 is 10.6 Å². The van der Waals surface area contributed by atoms with Crippen molar-refractivity contribution >= 4 is 21.8 Å². The molecule has 0 heterocycles. The Morgan fingerprint density at radius 3 is 2.57 bits per heavy atom. The average molecular weight is 334 g/mol. The molecule has 23 heavy (non-hydrogen) atoms. The SMILES string of the molecule is Cc1cccc(CCNC(=O)Nc2cccc(S(=O)(=O)O)c2)c1. The molecule has 3 N–H and O–H groups in total. The van der Waals surface area contributed by atoms with Gasteiger partial charge in [0.25, 0.3) is 10.1 Å². The molecule has 0 fully saturated rings. The van der Waals surface area contributed by atoms with Crippen LogP contribution in [0.5, 0.6) is 0 Å². The molecule has 0 atom stereocenters. The van der Waals surface area contributed by atoms with Crippen LogP contribution in [0.4, 0.5) is 10.5 Å². The van der Waals surface area contributed by atoms with Gasteiger partial charge in [-0.25, -0.2) is 4.79 Å². The van der Waals surface area contributed by atoms with Crippen LogP contribution in [0.15, 0.2) is 53.4 Å². The third-order valence-electron chi connectivity index (χ3n) is 3.17. The number of carbonyl (C=O) groups is 1. The number of rotatable bonds is 5. The van der Waals surface area contributed by atoms with Gasteiger partial charge in [0.1, 0.15) is 0 Å². The minimum atomic E-state index is -4.29. The van der Waals surface area contributed by atoms with Crippen molar-refractivity contribution in [1.82, 2.24) is 5.32 Å². The van der Waals surface area contributed by atoms with Crippen molar-refractivity contribution in [2.24, 2.45) is 0 Å². The number of carbonyl (C=O) groups excluding carboxylic acids is 1. The highest BCUT2D eigenvalue weighted by Crippen LogP contribution is 2.14. The van der Waals surface area contributed by atoms with E-state index in [0.717, 1.165) is 11.1 Å². The molecule has 0 bridgehead atoms. The Morgan fingerprint density at radius 2 is 1.87 bits per heavy atom. The van der Waals surface area contributed by atoms with Gasteiger partial charge in [0.2, 0.25) is 0 Å². The molecule has 0 saturated heterocycles. The van der Waals surface area contributed by atoms with Crippen LogP contribution >= 0.6 is 0 Å². The first-order chi connectivity index (χ1) is 10.8. The van der Waals surface area contributed by atoms with Crippen LogP contribution < -0.4 is 10.6 Å². The molecule has 6 nitrogen and oxygen atoms in total. The van der Waals surface area contributed by atoms with Gasteiger partial charge in [0.05, 0.1) is 4.90 Å². The summed E-state index contributed by atoms with van der Waals surface area (Å²) in [5.41, 5.74) is 2.57. The third kappa shape index (κ3) is 5.39. The smallest absolute Gasteiger partial charge is 0.319 e. The standard InChI is InChI=1S/C16H18N2O4S/c1-12-4-2-5-13(10-12)8-9-17-16(19)18-14-6-3-7-15(11-14)23(20,21)22/h2-7,10-11H,8-9H2,1H3,(H2,17,18,19)(H,20,21,22). The highest BCUT2D eigenvalue weighted by molar-refractivity contribution is 7.85. The number of hydrogen-bond donors (Lipinski definition) is 3. The first-order valence-corrected chi connectivity index (χ1v) is 8.46. The van der Waals surface area contributed by atoms with Crippen LogP contribution in [0.3, 0.4) is 0 Å². The van der Waals surface area contributed by atoms with Crippen LogP contribution in [0.2, 0.25) is 0 Å². The van der Waals surface area contributed by atoms with Gasteiger partial charge in [-0.3, -0.25) is 4.55 Å². The minimum absolute atomic E-state index is 0.268. The number of benzene rings is 2. The largest absolute Gasteiger partial charge is 0.338 e. The molecule has 2 aromatic rings. The van der Waals surface area contributed by atoms with Gasteiger partial charge in [-0.05, 0) is 37.1 Å². The molecule has 2 amide bonds. The van der Waals surface area contributed by atoms with Crippen molar-refractivity contribution in [3.8, 4) is 0 Å². The van der Waals surface area contributed by atoms with E-state index >= 15 is 0 Å². The van der Waals surface area contributed by atoms with Crippen LogP contribution in [0.25, 0.3) is 0 Å². The van der Waals surface area contributed by atoms with Crippen molar-refractivity contribution < 1.29 is 17.8 Å². The van der Waals surface area contributed by atoms with E-state index in [0.29, 0.717) is 13.0 Å². The number of hydrogen-bond acceptors (Lipinski definition) is 3. The van der Waals surface area contributed by atoms with Crippen molar-refractivity contribution in [2.45, 2.75) is 18.2 Å². The fourth-order valence-electron chi connectivity index (χ4n) is 2.10. The molecule has 0 aliphatic heterocycles. The van der Waals surface area contributed by atoms with Crippen molar-refractivity contribution in [3.05, 3.63) is 59.7 Å². The maximum Gasteiger partial charge on any atom is 0.319 e. The monoisotopic (exact) mass is 334 g/mol. The number of amides is 2. The van der Waals surface area contributed by atoms with Crippen molar-refractivity contribution in [2.75, 3.05) is 11.9 Å². The normalized spacial score (nSPS) is 11.0. The molecule has 7 heteroatoms. The third-order valence-corrected chi connectivity index (χ3v) is 4.02. The van der Waals surface area contributed by atoms with E-state index in [4.69, 9.17) is 4.55 Å². The Balaban J connectivity index is 1.88. The van der Waals surface area contributed by atoms with E-state index in [1.807, 2.05) is 25.1 Å². The predicted molar refractivity (Wildman–Crippen MR) is 88.2 cm³/mol. The second-order valence-corrected chi connectivity index (χ2v) is 6.54. The van der Waals surface area contributed by atoms with Crippen LogP contribution in [0.1, 0.15) is 11.1 Å². The summed E-state index contributed by atoms with van der Waals surface area (Å²) in [5.74, 6) is 0. The topological polar surface area (TPSA) is 95.5 Å². The molecule has 2 rings (SSSR count). The van der Waals surface area contributed by atoms with Crippen LogP contribution in [-0.4, -0.2) is 25.5 Å². The maximum absolute atomic E-state index is 11.8. The zero-order chi connectivity index (χ0) is 16.9. The fourth-order valence-corrected chi connectivity index (χ4v) is 2.62. The molecule has 0 radical (unpaired) electrons. The Hall–Kier alpha value is -2.38. The first kappa shape index (κ1) is 17.0. The number of aryl methyl sites for hydroxylation is 1. The summed E-state index contributed by atoms with van der Waals surface area (Å²) in [4.78, 5) is 11.5. The molecule has 0 saturated carbocycles. The Morgan fingerprint density at radius 1 is 1.13 bits per heavy atom. The van der Waals surface area contributed by atoms with E-state index < -0.39 is 16.1 Å². The second kappa shape index (κ2) is 7.26. The van der Waals surface area contributed by atoms with E-state index in [9.17, 15) is 13.2 Å². The van der Waals surface area contributed by atoms with Crippen molar-refractivity contribution in [3.63, 3.8) is 0 Å². The van der Waals surface area contributed by atoms with E-state index in [2.05, 4.69) is 16.7 Å². The Labute approximate surface area is 135 Å². The van der Waals surface area contributed by atoms with Gasteiger partial charge >= 0.3 is 6.03 Å². The first-order valence-electron chi connectivity index (χ1n) is 7.02. The zero-order valence-corrected chi connectivity index (χ0v) is 13.4. The quantitative estimate of drug-likeness (QED) is 0.732. The van der Waals surface area contributed by atoms with Crippen molar-refractivity contribution in [1.29, 1.82) is 0 Å². The average Bonchev–Trinajstić information content (AvgIpc) is 2.46. The van der Waals surface area contributed by atoms with Gasteiger partial charge in [-0.2, -0.15) is 8.42 Å². The van der Waals surface area contributed by atoms with Gasteiger partial charge in [0.15, 0.2) is 0 Å². The van der Waals surface area contributed by atoms with Gasteiger partial charge in [-0.15, -0.1) is 0 Å². The van der Waals surface area contributed by atoms with Gasteiger partial charge in [-0.1, -0.05) is 35.9 Å². The molecule has 122 valence electrons. The van der Waals surface area contributed by atoms with Crippen LogP contribution in [-0.2, 0) is 16.5 Å². The number of urea groups is 1. The molecule has 2 aromatic carbocycles. The van der Waals surface area contributed by atoms with Crippen LogP contribution in [0, 0.1) is 6.92 Å². The molecule has 0 spiro atoms.